The molecule has 0 radical (unpaired) electrons. The van der Waals surface area contributed by atoms with Crippen LogP contribution in [0.25, 0.3) is 0 Å². The number of aliphatic hydroxyl groups is 1. The summed E-state index contributed by atoms with van der Waals surface area (Å²) in [6, 6.07) is 23.1. The Kier molecular flexibility index (Phi) is 6.73. The zero-order valence-corrected chi connectivity index (χ0v) is 18.2. The van der Waals surface area contributed by atoms with Crippen molar-refractivity contribution in [2.75, 3.05) is 12.4 Å². The first-order valence-corrected chi connectivity index (χ1v) is 10.8. The molecule has 2 atom stereocenters. The minimum Gasteiger partial charge on any atom is -0.487 e. The van der Waals surface area contributed by atoms with Crippen molar-refractivity contribution in [1.29, 1.82) is 0 Å². The summed E-state index contributed by atoms with van der Waals surface area (Å²) in [5.74, 6) is 0.551. The number of carbonyl (C=O) groups excluding carboxylic acids is 1. The van der Waals surface area contributed by atoms with Gasteiger partial charge in [-0.25, -0.2) is 4.79 Å². The summed E-state index contributed by atoms with van der Waals surface area (Å²) < 4.78 is 6.02. The van der Waals surface area contributed by atoms with Gasteiger partial charge in [-0.1, -0.05) is 66.7 Å². The average molecular weight is 432 g/mol. The first-order chi connectivity index (χ1) is 15.5. The molecule has 6 nitrogen and oxygen atoms in total. The van der Waals surface area contributed by atoms with Crippen molar-refractivity contribution in [2.45, 2.75) is 38.1 Å². The molecular weight excluding hydrogens is 402 g/mol. The van der Waals surface area contributed by atoms with Gasteiger partial charge in [-0.15, -0.1) is 0 Å². The van der Waals surface area contributed by atoms with Gasteiger partial charge in [-0.3, -0.25) is 4.90 Å². The average Bonchev–Trinajstić information content (AvgIpc) is 2.80. The highest BCUT2D eigenvalue weighted by molar-refractivity contribution is 5.91. The lowest BCUT2D eigenvalue weighted by Crippen LogP contribution is -2.39. The van der Waals surface area contributed by atoms with Gasteiger partial charge in [0.25, 0.3) is 0 Å². The lowest BCUT2D eigenvalue weighted by Gasteiger charge is -2.37. The number of nitrogens with two attached hydrogens (primary N) is 1. The van der Waals surface area contributed by atoms with Gasteiger partial charge in [-0.2, -0.15) is 0 Å². The van der Waals surface area contributed by atoms with E-state index in [-0.39, 0.29) is 6.04 Å². The molecule has 4 N–H and O–H groups in total. The fourth-order valence-corrected chi connectivity index (χ4v) is 4.41. The number of primary amides is 1. The normalized spacial score (nSPS) is 17.6. The van der Waals surface area contributed by atoms with Crippen molar-refractivity contribution in [3.63, 3.8) is 0 Å². The summed E-state index contributed by atoms with van der Waals surface area (Å²) in [6.07, 6.45) is 0.783. The maximum absolute atomic E-state index is 11.7. The number of amides is 2. The van der Waals surface area contributed by atoms with Crippen molar-refractivity contribution in [1.82, 2.24) is 4.90 Å². The third-order valence-corrected chi connectivity index (χ3v) is 6.01. The summed E-state index contributed by atoms with van der Waals surface area (Å²) in [6.45, 7) is 1.13. The van der Waals surface area contributed by atoms with Crippen molar-refractivity contribution in [2.24, 2.45) is 5.73 Å². The smallest absolute Gasteiger partial charge is 0.316 e. The summed E-state index contributed by atoms with van der Waals surface area (Å²) in [7, 11) is 2.03. The number of rotatable bonds is 7. The van der Waals surface area contributed by atoms with Gasteiger partial charge in [-0.05, 0) is 48.2 Å². The Morgan fingerprint density at radius 2 is 1.72 bits per heavy atom. The van der Waals surface area contributed by atoms with Crippen LogP contribution in [0, 0.1) is 0 Å². The van der Waals surface area contributed by atoms with Crippen LogP contribution in [0.2, 0.25) is 0 Å². The van der Waals surface area contributed by atoms with E-state index in [1.54, 1.807) is 6.07 Å². The molecule has 3 aromatic rings. The van der Waals surface area contributed by atoms with E-state index in [1.165, 1.54) is 5.56 Å². The van der Waals surface area contributed by atoms with Crippen LogP contribution in [-0.4, -0.2) is 29.1 Å². The van der Waals surface area contributed by atoms with Crippen LogP contribution in [0.4, 0.5) is 10.5 Å². The topological polar surface area (TPSA) is 87.8 Å². The van der Waals surface area contributed by atoms with Crippen LogP contribution in [0.15, 0.2) is 72.8 Å². The minimum atomic E-state index is -0.677. The third-order valence-electron chi connectivity index (χ3n) is 6.01. The molecule has 0 bridgehead atoms. The molecule has 166 valence electrons. The Morgan fingerprint density at radius 3 is 2.38 bits per heavy atom. The van der Waals surface area contributed by atoms with E-state index < -0.39 is 12.1 Å². The van der Waals surface area contributed by atoms with Gasteiger partial charge in [0.05, 0.1) is 11.8 Å². The van der Waals surface area contributed by atoms with Gasteiger partial charge in [0.15, 0.2) is 0 Å². The predicted molar refractivity (Wildman–Crippen MR) is 125 cm³/mol. The Labute approximate surface area is 188 Å². The lowest BCUT2D eigenvalue weighted by molar-refractivity contribution is 0.0462. The number of likely N-dealkylation sites (N-methyl/N-ethyl adjacent to an activating group) is 1. The van der Waals surface area contributed by atoms with Crippen LogP contribution in [0.5, 0.6) is 5.75 Å². The van der Waals surface area contributed by atoms with E-state index in [4.69, 9.17) is 10.5 Å². The van der Waals surface area contributed by atoms with Crippen molar-refractivity contribution >= 4 is 11.7 Å². The molecule has 3 aromatic carbocycles. The van der Waals surface area contributed by atoms with Crippen LogP contribution in [0.1, 0.15) is 34.8 Å². The fraction of sp³-hybridized carbons (Fsp3) is 0.269. The summed E-state index contributed by atoms with van der Waals surface area (Å²) >= 11 is 0. The first kappa shape index (κ1) is 21.9. The zero-order valence-electron chi connectivity index (χ0n) is 18.2. The largest absolute Gasteiger partial charge is 0.487 e. The van der Waals surface area contributed by atoms with Gasteiger partial charge >= 0.3 is 6.03 Å². The van der Waals surface area contributed by atoms with Gasteiger partial charge in [0.2, 0.25) is 0 Å². The Hall–Kier alpha value is -3.35. The fourth-order valence-electron chi connectivity index (χ4n) is 4.41. The van der Waals surface area contributed by atoms with E-state index in [0.717, 1.165) is 29.7 Å². The molecule has 0 unspecified atom stereocenters. The first-order valence-electron chi connectivity index (χ1n) is 10.8. The Bertz CT molecular complexity index is 1060. The molecule has 1 aliphatic carbocycles. The highest BCUT2D eigenvalue weighted by Crippen LogP contribution is 2.41. The predicted octanol–water partition coefficient (Wildman–Crippen LogP) is 4.24. The molecule has 0 heterocycles. The molecule has 0 saturated heterocycles. The number of nitrogens with zero attached hydrogens (tertiary/aromatic N) is 1. The maximum Gasteiger partial charge on any atom is 0.316 e. The third kappa shape index (κ3) is 4.93. The number of ether oxygens (including phenoxy) is 1. The number of fused-ring (bicyclic) bond motifs is 1. The van der Waals surface area contributed by atoms with Crippen molar-refractivity contribution in [3.8, 4) is 5.75 Å². The van der Waals surface area contributed by atoms with Crippen LogP contribution in [0.3, 0.4) is 0 Å². The van der Waals surface area contributed by atoms with E-state index >= 15 is 0 Å². The SMILES string of the molecule is CN(Cc1ccccc1)[C@@H]1CCc2c(ccc(OCc3ccccc3)c2NC(N)=O)[C@H]1O. The molecule has 2 amide bonds. The minimum absolute atomic E-state index is 0.0276. The van der Waals surface area contributed by atoms with E-state index in [0.29, 0.717) is 24.5 Å². The number of hydrogen-bond acceptors (Lipinski definition) is 4. The highest BCUT2D eigenvalue weighted by Gasteiger charge is 2.33. The zero-order chi connectivity index (χ0) is 22.5. The number of carbonyl (C=O) groups is 1. The second-order valence-electron chi connectivity index (χ2n) is 8.22. The molecule has 4 rings (SSSR count). The quantitative estimate of drug-likeness (QED) is 0.522. The molecule has 0 spiro atoms. The number of aliphatic hydroxyl groups excluding tert-OH is 1. The monoisotopic (exact) mass is 431 g/mol. The summed E-state index contributed by atoms with van der Waals surface area (Å²) in [5.41, 5.74) is 9.92. The Morgan fingerprint density at radius 1 is 1.06 bits per heavy atom. The van der Waals surface area contributed by atoms with Crippen molar-refractivity contribution in [3.05, 3.63) is 95.1 Å². The molecule has 0 aromatic heterocycles. The maximum atomic E-state index is 11.7. The lowest BCUT2D eigenvalue weighted by atomic mass is 9.83. The van der Waals surface area contributed by atoms with Gasteiger partial charge in [0.1, 0.15) is 12.4 Å². The molecule has 0 saturated carbocycles. The highest BCUT2D eigenvalue weighted by atomic mass is 16.5. The number of hydrogen-bond donors (Lipinski definition) is 3. The van der Waals surface area contributed by atoms with E-state index in [1.807, 2.05) is 61.6 Å². The molecule has 0 fully saturated rings. The summed E-state index contributed by atoms with van der Waals surface area (Å²) in [4.78, 5) is 13.9. The molecule has 1 aliphatic rings. The molecule has 6 heteroatoms. The number of urea groups is 1. The number of anilines is 1. The standard InChI is InChI=1S/C26H29N3O3/c1-29(16-18-8-4-2-5-9-18)22-14-12-20-21(25(22)30)13-15-23(24(20)28-26(27)31)32-17-19-10-6-3-7-11-19/h2-11,13,15,22,25,30H,12,14,16-17H2,1H3,(H3,27,28,31)/t22-,25-/m1/s1. The molecular formula is C26H29N3O3. The second-order valence-corrected chi connectivity index (χ2v) is 8.22. The molecule has 0 aliphatic heterocycles. The number of benzene rings is 3. The van der Waals surface area contributed by atoms with Crippen LogP contribution < -0.4 is 15.8 Å². The van der Waals surface area contributed by atoms with E-state index in [2.05, 4.69) is 22.3 Å². The second kappa shape index (κ2) is 9.85. The summed E-state index contributed by atoms with van der Waals surface area (Å²) in [5, 5.41) is 13.9. The number of nitrogens with one attached hydrogen (secondary N) is 1. The Balaban J connectivity index is 1.56. The van der Waals surface area contributed by atoms with E-state index in [9.17, 15) is 9.90 Å². The van der Waals surface area contributed by atoms with Crippen LogP contribution >= 0.6 is 0 Å². The van der Waals surface area contributed by atoms with Gasteiger partial charge in [0, 0.05) is 12.6 Å². The van der Waals surface area contributed by atoms with Crippen molar-refractivity contribution < 1.29 is 14.6 Å². The van der Waals surface area contributed by atoms with Crippen LogP contribution in [-0.2, 0) is 19.6 Å². The molecule has 32 heavy (non-hydrogen) atoms. The van der Waals surface area contributed by atoms with Gasteiger partial charge < -0.3 is 20.9 Å².